The van der Waals surface area contributed by atoms with E-state index in [2.05, 4.69) is 4.98 Å². The summed E-state index contributed by atoms with van der Waals surface area (Å²) in [6.07, 6.45) is 0.772. The van der Waals surface area contributed by atoms with Gasteiger partial charge in [-0.1, -0.05) is 6.92 Å². The van der Waals surface area contributed by atoms with Gasteiger partial charge in [-0.3, -0.25) is 4.98 Å². The van der Waals surface area contributed by atoms with Crippen LogP contribution in [-0.2, 0) is 13.0 Å². The number of ether oxygens (including phenoxy) is 1. The SMILES string of the molecule is CCc1nc(C)ccc1OCc1cc(C(=O)O)c(C)o1. The number of carboxylic acids is 1. The molecule has 0 saturated carbocycles. The molecule has 0 bridgehead atoms. The highest BCUT2D eigenvalue weighted by atomic mass is 16.5. The Bertz CT molecular complexity index is 631. The maximum absolute atomic E-state index is 10.9. The smallest absolute Gasteiger partial charge is 0.339 e. The van der Waals surface area contributed by atoms with Crippen LogP contribution in [0, 0.1) is 13.8 Å². The molecule has 1 N–H and O–H groups in total. The average molecular weight is 275 g/mol. The van der Waals surface area contributed by atoms with Gasteiger partial charge < -0.3 is 14.3 Å². The zero-order valence-electron chi connectivity index (χ0n) is 11.8. The fraction of sp³-hybridized carbons (Fsp3) is 0.333. The fourth-order valence-electron chi connectivity index (χ4n) is 1.96. The second-order valence-electron chi connectivity index (χ2n) is 4.53. The molecule has 0 amide bonds. The molecule has 0 radical (unpaired) electrons. The van der Waals surface area contributed by atoms with E-state index in [4.69, 9.17) is 14.3 Å². The summed E-state index contributed by atoms with van der Waals surface area (Å²) in [4.78, 5) is 15.3. The van der Waals surface area contributed by atoms with Crippen molar-refractivity contribution >= 4 is 5.97 Å². The molecule has 0 fully saturated rings. The molecule has 20 heavy (non-hydrogen) atoms. The number of carboxylic acid groups (broad SMARTS) is 1. The summed E-state index contributed by atoms with van der Waals surface area (Å²) in [6.45, 7) is 5.75. The molecule has 0 atom stereocenters. The van der Waals surface area contributed by atoms with E-state index in [1.54, 1.807) is 6.92 Å². The molecule has 2 aromatic rings. The lowest BCUT2D eigenvalue weighted by atomic mass is 10.2. The Balaban J connectivity index is 2.13. The molecule has 0 aromatic carbocycles. The van der Waals surface area contributed by atoms with Crippen LogP contribution in [0.15, 0.2) is 22.6 Å². The minimum atomic E-state index is -0.997. The van der Waals surface area contributed by atoms with Crippen LogP contribution < -0.4 is 4.74 Å². The van der Waals surface area contributed by atoms with Crippen molar-refractivity contribution in [3.05, 3.63) is 46.7 Å². The van der Waals surface area contributed by atoms with Gasteiger partial charge in [-0.05, 0) is 38.5 Å². The summed E-state index contributed by atoms with van der Waals surface area (Å²) >= 11 is 0. The normalized spacial score (nSPS) is 10.6. The van der Waals surface area contributed by atoms with Crippen LogP contribution in [0.25, 0.3) is 0 Å². The first kappa shape index (κ1) is 14.1. The summed E-state index contributed by atoms with van der Waals surface area (Å²) in [5, 5.41) is 8.97. The molecular formula is C15H17NO4. The molecule has 0 aliphatic rings. The topological polar surface area (TPSA) is 72.6 Å². The molecule has 2 rings (SSSR count). The summed E-state index contributed by atoms with van der Waals surface area (Å²) in [7, 11) is 0. The molecule has 2 heterocycles. The van der Waals surface area contributed by atoms with E-state index in [9.17, 15) is 4.79 Å². The summed E-state index contributed by atoms with van der Waals surface area (Å²) in [5.74, 6) is 0.573. The van der Waals surface area contributed by atoms with Crippen molar-refractivity contribution in [2.75, 3.05) is 0 Å². The van der Waals surface area contributed by atoms with Gasteiger partial charge in [0.2, 0.25) is 0 Å². The average Bonchev–Trinajstić information content (AvgIpc) is 2.78. The molecule has 2 aromatic heterocycles. The molecule has 106 valence electrons. The number of aryl methyl sites for hydroxylation is 3. The van der Waals surface area contributed by atoms with E-state index >= 15 is 0 Å². The summed E-state index contributed by atoms with van der Waals surface area (Å²) < 4.78 is 11.0. The minimum Gasteiger partial charge on any atom is -0.484 e. The highest BCUT2D eigenvalue weighted by Crippen LogP contribution is 2.21. The van der Waals surface area contributed by atoms with Crippen LogP contribution in [-0.4, -0.2) is 16.1 Å². The van der Waals surface area contributed by atoms with Crippen molar-refractivity contribution in [1.29, 1.82) is 0 Å². The highest BCUT2D eigenvalue weighted by Gasteiger charge is 2.14. The number of hydrogen-bond acceptors (Lipinski definition) is 4. The van der Waals surface area contributed by atoms with Gasteiger partial charge >= 0.3 is 5.97 Å². The maximum atomic E-state index is 10.9. The lowest BCUT2D eigenvalue weighted by Crippen LogP contribution is -2.00. The third kappa shape index (κ3) is 2.99. The molecule has 0 spiro atoms. The van der Waals surface area contributed by atoms with Crippen LogP contribution in [0.4, 0.5) is 0 Å². The van der Waals surface area contributed by atoms with E-state index < -0.39 is 5.97 Å². The number of carbonyl (C=O) groups is 1. The van der Waals surface area contributed by atoms with E-state index in [1.807, 2.05) is 26.0 Å². The third-order valence-electron chi connectivity index (χ3n) is 2.98. The Kier molecular flexibility index (Phi) is 4.08. The van der Waals surface area contributed by atoms with Crippen molar-refractivity contribution in [3.63, 3.8) is 0 Å². The fourth-order valence-corrected chi connectivity index (χ4v) is 1.96. The Morgan fingerprint density at radius 1 is 1.40 bits per heavy atom. The van der Waals surface area contributed by atoms with Gasteiger partial charge in [0, 0.05) is 5.69 Å². The van der Waals surface area contributed by atoms with E-state index in [-0.39, 0.29) is 12.2 Å². The molecule has 0 aliphatic carbocycles. The number of rotatable bonds is 5. The first-order valence-corrected chi connectivity index (χ1v) is 6.43. The van der Waals surface area contributed by atoms with Gasteiger partial charge in [0.15, 0.2) is 0 Å². The van der Waals surface area contributed by atoms with Crippen molar-refractivity contribution in [2.45, 2.75) is 33.8 Å². The first-order valence-electron chi connectivity index (χ1n) is 6.43. The van der Waals surface area contributed by atoms with Crippen LogP contribution in [0.2, 0.25) is 0 Å². The predicted molar refractivity (Wildman–Crippen MR) is 73.1 cm³/mol. The second kappa shape index (κ2) is 5.77. The molecular weight excluding hydrogens is 258 g/mol. The number of furan rings is 1. The lowest BCUT2D eigenvalue weighted by molar-refractivity contribution is 0.0695. The first-order chi connectivity index (χ1) is 9.51. The van der Waals surface area contributed by atoms with Gasteiger partial charge in [-0.25, -0.2) is 4.79 Å². The summed E-state index contributed by atoms with van der Waals surface area (Å²) in [6, 6.07) is 5.24. The maximum Gasteiger partial charge on any atom is 0.339 e. The van der Waals surface area contributed by atoms with Gasteiger partial charge in [-0.15, -0.1) is 0 Å². The monoisotopic (exact) mass is 275 g/mol. The lowest BCUT2D eigenvalue weighted by Gasteiger charge is -2.09. The van der Waals surface area contributed by atoms with E-state index in [0.717, 1.165) is 17.8 Å². The van der Waals surface area contributed by atoms with Gasteiger partial charge in [0.1, 0.15) is 29.4 Å². The molecule has 5 nitrogen and oxygen atoms in total. The van der Waals surface area contributed by atoms with Crippen molar-refractivity contribution in [1.82, 2.24) is 4.98 Å². The highest BCUT2D eigenvalue weighted by molar-refractivity contribution is 5.88. The molecule has 0 saturated heterocycles. The van der Waals surface area contributed by atoms with Crippen LogP contribution in [0.3, 0.4) is 0 Å². The Morgan fingerprint density at radius 2 is 2.15 bits per heavy atom. The van der Waals surface area contributed by atoms with Crippen molar-refractivity contribution in [3.8, 4) is 5.75 Å². The van der Waals surface area contributed by atoms with Crippen molar-refractivity contribution < 1.29 is 19.1 Å². The van der Waals surface area contributed by atoms with Crippen LogP contribution in [0.5, 0.6) is 5.75 Å². The van der Waals surface area contributed by atoms with Crippen LogP contribution in [0.1, 0.15) is 40.2 Å². The number of hydrogen-bond donors (Lipinski definition) is 1. The second-order valence-corrected chi connectivity index (χ2v) is 4.53. The minimum absolute atomic E-state index is 0.168. The zero-order valence-corrected chi connectivity index (χ0v) is 11.8. The van der Waals surface area contributed by atoms with Gasteiger partial charge in [-0.2, -0.15) is 0 Å². The summed E-state index contributed by atoms with van der Waals surface area (Å²) in [5.41, 5.74) is 1.99. The zero-order chi connectivity index (χ0) is 14.7. The van der Waals surface area contributed by atoms with E-state index in [0.29, 0.717) is 17.3 Å². The molecule has 0 aliphatic heterocycles. The van der Waals surface area contributed by atoms with Gasteiger partial charge in [0.05, 0.1) is 5.69 Å². The quantitative estimate of drug-likeness (QED) is 0.907. The molecule has 5 heteroatoms. The number of pyridine rings is 1. The number of aromatic nitrogens is 1. The van der Waals surface area contributed by atoms with Gasteiger partial charge in [0.25, 0.3) is 0 Å². The number of nitrogens with zero attached hydrogens (tertiary/aromatic N) is 1. The Hall–Kier alpha value is -2.30. The Morgan fingerprint density at radius 3 is 2.75 bits per heavy atom. The largest absolute Gasteiger partial charge is 0.484 e. The van der Waals surface area contributed by atoms with E-state index in [1.165, 1.54) is 6.07 Å². The molecule has 0 unspecified atom stereocenters. The number of aromatic carboxylic acids is 1. The third-order valence-corrected chi connectivity index (χ3v) is 2.98. The van der Waals surface area contributed by atoms with Crippen LogP contribution >= 0.6 is 0 Å². The van der Waals surface area contributed by atoms with Crippen molar-refractivity contribution in [2.24, 2.45) is 0 Å². The standard InChI is InChI=1S/C15H17NO4/c1-4-13-14(6-5-9(2)16-13)19-8-11-7-12(15(17)18)10(3)20-11/h5-7H,4,8H2,1-3H3,(H,17,18). The predicted octanol–water partition coefficient (Wildman–Crippen LogP) is 3.13. The Labute approximate surface area is 117 Å².